The molecule has 6 rings (SSSR count). The Morgan fingerprint density at radius 3 is 1.55 bits per heavy atom. The molecule has 0 spiro atoms. The Bertz CT molecular complexity index is 1210. The van der Waals surface area contributed by atoms with Crippen LogP contribution in [0.4, 0.5) is 0 Å². The smallest absolute Gasteiger partial charge is 0.150 e. The molecule has 0 aromatic rings. The van der Waals surface area contributed by atoms with Gasteiger partial charge in [0.2, 0.25) is 0 Å². The number of fused-ring (bicyclic) bond motifs is 6. The number of hydrogen-bond acceptors (Lipinski definition) is 12. The van der Waals surface area contributed by atoms with Crippen LogP contribution in [0.15, 0.2) is 12.7 Å². The molecule has 13 atom stereocenters. The summed E-state index contributed by atoms with van der Waals surface area (Å²) >= 11 is 0. The van der Waals surface area contributed by atoms with Crippen molar-refractivity contribution in [2.24, 2.45) is 0 Å². The molecular weight excluding hydrogens is 720 g/mol. The van der Waals surface area contributed by atoms with Crippen molar-refractivity contribution in [2.75, 3.05) is 26.4 Å². The van der Waals surface area contributed by atoms with Crippen molar-refractivity contribution in [2.45, 2.75) is 245 Å². The van der Waals surface area contributed by atoms with Crippen molar-refractivity contribution in [1.29, 1.82) is 0 Å². The molecule has 56 heavy (non-hydrogen) atoms. The second-order valence-electron chi connectivity index (χ2n) is 18.4. The van der Waals surface area contributed by atoms with Crippen LogP contribution < -0.4 is 0 Å². The number of rotatable bonds is 16. The van der Waals surface area contributed by atoms with E-state index in [1.165, 1.54) is 0 Å². The standard InChI is InChI=1S/C15H28O4.C15H26O4.C13H24O4.CH4/c1-9(2)16-8-15-13(17-10(3)4)12(11(5)18-15)19-14(15,6)7;1-7-12(17-9(2)3)15-8-16-13(11(6)19-15)14(15)18-10(4)5;1-8(2)14-6-13-7-15-11(10(5)17-13)12(13)16-9(3)4;/h9-13H,8H2,1-7H3;7,9-14H,1,8H2,2-6H3;8-12H,6-7H2,1-5H3;1H4/t11-,12-,13-,15+;11-,12+,13-,14-,15+;10-,11-,12-,13-;/m000./s1. The van der Waals surface area contributed by atoms with E-state index >= 15 is 0 Å². The topological polar surface area (TPSA) is 111 Å². The quantitative estimate of drug-likeness (QED) is 0.147. The predicted octanol–water partition coefficient (Wildman–Crippen LogP) is 7.25. The molecule has 0 amide bonds. The van der Waals surface area contributed by atoms with Crippen LogP contribution in [0.5, 0.6) is 0 Å². The van der Waals surface area contributed by atoms with E-state index in [2.05, 4.69) is 20.4 Å². The third kappa shape index (κ3) is 10.4. The Hall–Kier alpha value is -0.740. The van der Waals surface area contributed by atoms with Gasteiger partial charge in [-0.2, -0.15) is 0 Å². The normalized spacial score (nSPS) is 39.4. The Morgan fingerprint density at radius 2 is 1.05 bits per heavy atom. The van der Waals surface area contributed by atoms with Crippen molar-refractivity contribution < 1.29 is 56.8 Å². The summed E-state index contributed by atoms with van der Waals surface area (Å²) in [5.41, 5.74) is -1.86. The van der Waals surface area contributed by atoms with E-state index in [0.29, 0.717) is 26.4 Å². The lowest BCUT2D eigenvalue weighted by atomic mass is 9.84. The average Bonchev–Trinajstić information content (AvgIpc) is 3.84. The highest BCUT2D eigenvalue weighted by Gasteiger charge is 2.70. The maximum atomic E-state index is 6.25. The van der Waals surface area contributed by atoms with Gasteiger partial charge >= 0.3 is 0 Å². The lowest BCUT2D eigenvalue weighted by Crippen LogP contribution is -2.58. The van der Waals surface area contributed by atoms with Gasteiger partial charge in [-0.15, -0.1) is 6.58 Å². The van der Waals surface area contributed by atoms with Crippen molar-refractivity contribution in [3.05, 3.63) is 12.7 Å². The lowest BCUT2D eigenvalue weighted by molar-refractivity contribution is -0.244. The first-order chi connectivity index (χ1) is 25.5. The monoisotopic (exact) mass is 803 g/mol. The SMILES string of the molecule is C.C=C[C@@H](OC(C)C)[C@@]12CO[C@@H]([C@H](C)O1)[C@@H]2OC(C)C.CC(C)OC[C@@]12CO[C@@H]([C@H](C)O1)[C@@H]2OC(C)C.CC(C)OC[C@]12O[C@@H](C)[C@H](OC1(C)C)[C@@H]2OC(C)C. The minimum absolute atomic E-state index is 0. The van der Waals surface area contributed by atoms with Crippen molar-refractivity contribution in [3.8, 4) is 0 Å². The molecule has 0 saturated carbocycles. The van der Waals surface area contributed by atoms with Gasteiger partial charge < -0.3 is 56.8 Å². The highest BCUT2D eigenvalue weighted by Crippen LogP contribution is 2.52. The third-order valence-electron chi connectivity index (χ3n) is 11.1. The second kappa shape index (κ2) is 19.8. The van der Waals surface area contributed by atoms with Crippen LogP contribution in [0.2, 0.25) is 0 Å². The molecule has 6 heterocycles. The Kier molecular flexibility index (Phi) is 17.5. The molecule has 6 fully saturated rings. The average molecular weight is 803 g/mol. The van der Waals surface area contributed by atoms with Gasteiger partial charge in [0, 0.05) is 0 Å². The summed E-state index contributed by atoms with van der Waals surface area (Å²) < 4.78 is 72.0. The molecule has 0 aromatic carbocycles. The molecular formula is C44H82O12. The molecule has 12 nitrogen and oxygen atoms in total. The summed E-state index contributed by atoms with van der Waals surface area (Å²) in [5, 5.41) is 0. The maximum absolute atomic E-state index is 6.25. The first kappa shape index (κ1) is 49.6. The van der Waals surface area contributed by atoms with Crippen LogP contribution >= 0.6 is 0 Å². The summed E-state index contributed by atoms with van der Waals surface area (Å²) in [6.45, 7) is 40.7. The van der Waals surface area contributed by atoms with Crippen LogP contribution in [0, 0.1) is 0 Å². The van der Waals surface area contributed by atoms with Crippen LogP contribution in [0.3, 0.4) is 0 Å². The first-order valence-corrected chi connectivity index (χ1v) is 21.0. The molecule has 0 aromatic heterocycles. The zero-order chi connectivity index (χ0) is 41.3. The van der Waals surface area contributed by atoms with E-state index in [1.807, 2.05) is 104 Å². The zero-order valence-electron chi connectivity index (χ0n) is 37.2. The Labute approximate surface area is 340 Å². The summed E-state index contributed by atoms with van der Waals surface area (Å²) in [4.78, 5) is 0. The second-order valence-corrected chi connectivity index (χ2v) is 18.4. The molecule has 6 bridgehead atoms. The van der Waals surface area contributed by atoms with Crippen LogP contribution in [-0.4, -0.2) is 146 Å². The molecule has 330 valence electrons. The van der Waals surface area contributed by atoms with E-state index in [9.17, 15) is 0 Å². The van der Waals surface area contributed by atoms with E-state index in [4.69, 9.17) is 56.8 Å². The molecule has 0 radical (unpaired) electrons. The Morgan fingerprint density at radius 1 is 0.571 bits per heavy atom. The van der Waals surface area contributed by atoms with Gasteiger partial charge in [-0.05, 0) is 118 Å². The molecule has 6 saturated heterocycles. The van der Waals surface area contributed by atoms with E-state index in [-0.39, 0.29) is 105 Å². The van der Waals surface area contributed by atoms with Crippen molar-refractivity contribution in [1.82, 2.24) is 0 Å². The highest BCUT2D eigenvalue weighted by atomic mass is 16.7. The van der Waals surface area contributed by atoms with E-state index in [0.717, 1.165) is 0 Å². The van der Waals surface area contributed by atoms with Crippen LogP contribution in [0.1, 0.15) is 125 Å². The summed E-state index contributed by atoms with van der Waals surface area (Å²) in [7, 11) is 0. The van der Waals surface area contributed by atoms with Crippen molar-refractivity contribution in [3.63, 3.8) is 0 Å². The molecule has 0 aliphatic carbocycles. The van der Waals surface area contributed by atoms with Gasteiger partial charge in [-0.3, -0.25) is 0 Å². The number of hydrogen-bond donors (Lipinski definition) is 0. The fourth-order valence-electron chi connectivity index (χ4n) is 8.74. The van der Waals surface area contributed by atoms with E-state index in [1.54, 1.807) is 6.08 Å². The molecule has 0 unspecified atom stereocenters. The van der Waals surface area contributed by atoms with Crippen LogP contribution in [0.25, 0.3) is 0 Å². The predicted molar refractivity (Wildman–Crippen MR) is 217 cm³/mol. The maximum Gasteiger partial charge on any atom is 0.150 e. The minimum atomic E-state index is -0.555. The lowest BCUT2D eigenvalue weighted by Gasteiger charge is -2.43. The van der Waals surface area contributed by atoms with Crippen molar-refractivity contribution >= 4 is 0 Å². The van der Waals surface area contributed by atoms with Gasteiger partial charge in [-0.1, -0.05) is 13.5 Å². The van der Waals surface area contributed by atoms with Gasteiger partial charge in [0.05, 0.1) is 87.0 Å². The fourth-order valence-corrected chi connectivity index (χ4v) is 8.74. The van der Waals surface area contributed by atoms with Gasteiger partial charge in [-0.25, -0.2) is 0 Å². The summed E-state index contributed by atoms with van der Waals surface area (Å²) in [6, 6.07) is 0. The molecule has 12 heteroatoms. The highest BCUT2D eigenvalue weighted by molar-refractivity contribution is 5.18. The molecule has 6 aliphatic heterocycles. The summed E-state index contributed by atoms with van der Waals surface area (Å²) in [6.07, 6.45) is 2.56. The summed E-state index contributed by atoms with van der Waals surface area (Å²) in [5.74, 6) is 0. The number of ether oxygens (including phenoxy) is 12. The third-order valence-corrected chi connectivity index (χ3v) is 11.1. The van der Waals surface area contributed by atoms with Crippen LogP contribution in [-0.2, 0) is 56.8 Å². The van der Waals surface area contributed by atoms with Gasteiger partial charge in [0.1, 0.15) is 53.9 Å². The molecule has 6 aliphatic rings. The fraction of sp³-hybridized carbons (Fsp3) is 0.955. The van der Waals surface area contributed by atoms with Gasteiger partial charge in [0.25, 0.3) is 0 Å². The van der Waals surface area contributed by atoms with E-state index < -0.39 is 22.4 Å². The zero-order valence-corrected chi connectivity index (χ0v) is 37.2. The molecule has 0 N–H and O–H groups in total. The minimum Gasteiger partial charge on any atom is -0.376 e. The first-order valence-electron chi connectivity index (χ1n) is 21.0. The van der Waals surface area contributed by atoms with Gasteiger partial charge in [0.15, 0.2) is 5.60 Å². The largest absolute Gasteiger partial charge is 0.376 e. The Balaban J connectivity index is 0.000000224.